The van der Waals surface area contributed by atoms with Gasteiger partial charge in [0.15, 0.2) is 0 Å². The van der Waals surface area contributed by atoms with Gasteiger partial charge in [-0.3, -0.25) is 14.9 Å². The third-order valence-corrected chi connectivity index (χ3v) is 4.56. The van der Waals surface area contributed by atoms with Gasteiger partial charge in [-0.2, -0.15) is 0 Å². The lowest BCUT2D eigenvalue weighted by molar-refractivity contribution is -0.385. The number of nitro groups is 1. The van der Waals surface area contributed by atoms with Gasteiger partial charge < -0.3 is 10.1 Å². The molecule has 0 unspecified atom stereocenters. The lowest BCUT2D eigenvalue weighted by atomic mass is 9.92. The second kappa shape index (κ2) is 6.48. The summed E-state index contributed by atoms with van der Waals surface area (Å²) in [7, 11) is 0. The van der Waals surface area contributed by atoms with Crippen molar-refractivity contribution in [3.63, 3.8) is 0 Å². The lowest BCUT2D eigenvalue weighted by Gasteiger charge is -2.36. The standard InChI is InChI=1S/C13H14BrFN2O4/c14-8-13(3-5-21-6-4-13)16-12(18)10-7-9(15)1-2-11(10)17(19)20/h1-2,7H,3-6,8H2,(H,16,18). The van der Waals surface area contributed by atoms with Crippen LogP contribution in [0.15, 0.2) is 18.2 Å². The minimum Gasteiger partial charge on any atom is -0.381 e. The number of alkyl halides is 1. The number of hydrogen-bond acceptors (Lipinski definition) is 4. The van der Waals surface area contributed by atoms with Crippen molar-refractivity contribution in [1.29, 1.82) is 0 Å². The summed E-state index contributed by atoms with van der Waals surface area (Å²) in [5.74, 6) is -1.34. The molecule has 1 heterocycles. The summed E-state index contributed by atoms with van der Waals surface area (Å²) in [6.45, 7) is 0.994. The zero-order valence-corrected chi connectivity index (χ0v) is 12.7. The number of nitro benzene ring substituents is 1. The van der Waals surface area contributed by atoms with Crippen molar-refractivity contribution in [3.05, 3.63) is 39.7 Å². The molecule has 0 aliphatic carbocycles. The first-order valence-corrected chi connectivity index (χ1v) is 7.50. The van der Waals surface area contributed by atoms with Gasteiger partial charge in [0.1, 0.15) is 11.4 Å². The molecule has 1 fully saturated rings. The highest BCUT2D eigenvalue weighted by Crippen LogP contribution is 2.25. The molecule has 1 aromatic carbocycles. The Balaban J connectivity index is 2.27. The average molecular weight is 361 g/mol. The number of nitrogens with zero attached hydrogens (tertiary/aromatic N) is 1. The first-order valence-electron chi connectivity index (χ1n) is 6.38. The molecule has 114 valence electrons. The fourth-order valence-corrected chi connectivity index (χ4v) is 2.91. The zero-order valence-electron chi connectivity index (χ0n) is 11.1. The third-order valence-electron chi connectivity index (χ3n) is 3.48. The van der Waals surface area contributed by atoms with Crippen LogP contribution in [-0.4, -0.2) is 34.9 Å². The van der Waals surface area contributed by atoms with Gasteiger partial charge in [-0.1, -0.05) is 15.9 Å². The van der Waals surface area contributed by atoms with Crippen LogP contribution in [0, 0.1) is 15.9 Å². The number of nitrogens with one attached hydrogen (secondary N) is 1. The number of benzene rings is 1. The van der Waals surface area contributed by atoms with Gasteiger partial charge in [-0.05, 0) is 25.0 Å². The predicted molar refractivity (Wildman–Crippen MR) is 77.1 cm³/mol. The van der Waals surface area contributed by atoms with Crippen LogP contribution in [0.3, 0.4) is 0 Å². The third kappa shape index (κ3) is 3.56. The second-order valence-electron chi connectivity index (χ2n) is 4.90. The minimum absolute atomic E-state index is 0.271. The summed E-state index contributed by atoms with van der Waals surface area (Å²) < 4.78 is 18.5. The number of ether oxygens (including phenoxy) is 1. The van der Waals surface area contributed by atoms with Gasteiger partial charge in [0.2, 0.25) is 0 Å². The zero-order chi connectivity index (χ0) is 15.5. The smallest absolute Gasteiger partial charge is 0.282 e. The molecule has 0 aromatic heterocycles. The van der Waals surface area contributed by atoms with E-state index in [9.17, 15) is 19.3 Å². The first-order chi connectivity index (χ1) is 9.97. The van der Waals surface area contributed by atoms with Crippen molar-refractivity contribution in [1.82, 2.24) is 5.32 Å². The van der Waals surface area contributed by atoms with Crippen LogP contribution in [0.25, 0.3) is 0 Å². The molecule has 2 rings (SSSR count). The van der Waals surface area contributed by atoms with Crippen molar-refractivity contribution >= 4 is 27.5 Å². The summed E-state index contributed by atoms with van der Waals surface area (Å²) in [6, 6.07) is 2.84. The Morgan fingerprint density at radius 3 is 2.71 bits per heavy atom. The van der Waals surface area contributed by atoms with Gasteiger partial charge >= 0.3 is 0 Å². The van der Waals surface area contributed by atoms with Gasteiger partial charge in [-0.25, -0.2) is 4.39 Å². The van der Waals surface area contributed by atoms with E-state index in [1.807, 2.05) is 0 Å². The topological polar surface area (TPSA) is 81.5 Å². The van der Waals surface area contributed by atoms with Crippen molar-refractivity contribution in [2.24, 2.45) is 0 Å². The summed E-state index contributed by atoms with van der Waals surface area (Å²) >= 11 is 3.35. The highest BCUT2D eigenvalue weighted by Gasteiger charge is 2.35. The minimum atomic E-state index is -0.695. The molecule has 0 bridgehead atoms. The Kier molecular flexibility index (Phi) is 4.89. The Hall–Kier alpha value is -1.54. The molecule has 0 spiro atoms. The highest BCUT2D eigenvalue weighted by atomic mass is 79.9. The average Bonchev–Trinajstić information content (AvgIpc) is 2.47. The van der Waals surface area contributed by atoms with E-state index < -0.39 is 27.9 Å². The Labute approximate surface area is 128 Å². The number of hydrogen-bond donors (Lipinski definition) is 1. The number of amides is 1. The Morgan fingerprint density at radius 2 is 2.14 bits per heavy atom. The molecule has 21 heavy (non-hydrogen) atoms. The van der Waals surface area contributed by atoms with Crippen LogP contribution in [0.4, 0.5) is 10.1 Å². The van der Waals surface area contributed by atoms with Crippen molar-refractivity contribution in [3.8, 4) is 0 Å². The van der Waals surface area contributed by atoms with Crippen molar-refractivity contribution < 1.29 is 18.8 Å². The van der Waals surface area contributed by atoms with Crippen LogP contribution < -0.4 is 5.32 Å². The van der Waals surface area contributed by atoms with Crippen LogP contribution >= 0.6 is 15.9 Å². The summed E-state index contributed by atoms with van der Waals surface area (Å²) in [5, 5.41) is 14.2. The number of halogens is 2. The maximum Gasteiger partial charge on any atom is 0.282 e. The highest BCUT2D eigenvalue weighted by molar-refractivity contribution is 9.09. The summed E-state index contributed by atoms with van der Waals surface area (Å²) in [6.07, 6.45) is 1.18. The first kappa shape index (κ1) is 15.8. The molecule has 1 aliphatic heterocycles. The molecular formula is C13H14BrFN2O4. The van der Waals surface area contributed by atoms with E-state index in [0.29, 0.717) is 31.4 Å². The van der Waals surface area contributed by atoms with E-state index in [1.165, 1.54) is 0 Å². The molecule has 0 saturated carbocycles. The van der Waals surface area contributed by atoms with E-state index in [-0.39, 0.29) is 5.56 Å². The van der Waals surface area contributed by atoms with E-state index >= 15 is 0 Å². The molecule has 1 amide bonds. The molecule has 1 N–H and O–H groups in total. The quantitative estimate of drug-likeness (QED) is 0.507. The Bertz CT molecular complexity index is 561. The maximum atomic E-state index is 13.3. The fraction of sp³-hybridized carbons (Fsp3) is 0.462. The van der Waals surface area contributed by atoms with Gasteiger partial charge in [-0.15, -0.1) is 0 Å². The molecule has 1 aliphatic rings. The largest absolute Gasteiger partial charge is 0.381 e. The molecule has 6 nitrogen and oxygen atoms in total. The SMILES string of the molecule is O=C(NC1(CBr)CCOCC1)c1cc(F)ccc1[N+](=O)[O-]. The van der Waals surface area contributed by atoms with E-state index in [4.69, 9.17) is 4.74 Å². The summed E-state index contributed by atoms with van der Waals surface area (Å²) in [5.41, 5.74) is -1.22. The van der Waals surface area contributed by atoms with Crippen LogP contribution in [-0.2, 0) is 4.74 Å². The monoisotopic (exact) mass is 360 g/mol. The molecule has 1 aromatic rings. The van der Waals surface area contributed by atoms with E-state index in [2.05, 4.69) is 21.2 Å². The van der Waals surface area contributed by atoms with E-state index in [1.54, 1.807) is 0 Å². The van der Waals surface area contributed by atoms with E-state index in [0.717, 1.165) is 18.2 Å². The molecule has 0 atom stereocenters. The van der Waals surface area contributed by atoms with Crippen molar-refractivity contribution in [2.75, 3.05) is 18.5 Å². The maximum absolute atomic E-state index is 13.3. The van der Waals surface area contributed by atoms with Crippen LogP contribution in [0.1, 0.15) is 23.2 Å². The molecule has 1 saturated heterocycles. The van der Waals surface area contributed by atoms with Crippen molar-refractivity contribution in [2.45, 2.75) is 18.4 Å². The fourth-order valence-electron chi connectivity index (χ4n) is 2.21. The Morgan fingerprint density at radius 1 is 1.48 bits per heavy atom. The van der Waals surface area contributed by atoms with Gasteiger partial charge in [0, 0.05) is 24.6 Å². The second-order valence-corrected chi connectivity index (χ2v) is 5.46. The van der Waals surface area contributed by atoms with Gasteiger partial charge in [0.05, 0.1) is 10.5 Å². The van der Waals surface area contributed by atoms with Crippen LogP contribution in [0.2, 0.25) is 0 Å². The number of carbonyl (C=O) groups is 1. The molecule has 8 heteroatoms. The lowest BCUT2D eigenvalue weighted by Crippen LogP contribution is -2.53. The molecule has 0 radical (unpaired) electrons. The van der Waals surface area contributed by atoms with Crippen LogP contribution in [0.5, 0.6) is 0 Å². The number of rotatable bonds is 4. The summed E-state index contributed by atoms with van der Waals surface area (Å²) in [4.78, 5) is 22.6. The van der Waals surface area contributed by atoms with Gasteiger partial charge in [0.25, 0.3) is 11.6 Å². The normalized spacial score (nSPS) is 17.2. The number of carbonyl (C=O) groups excluding carboxylic acids is 1. The molecular weight excluding hydrogens is 347 g/mol. The predicted octanol–water partition coefficient (Wildman–Crippen LogP) is 2.41.